The summed E-state index contributed by atoms with van der Waals surface area (Å²) in [5.41, 5.74) is 0.400. The number of amides is 3. The Bertz CT molecular complexity index is 505. The van der Waals surface area contributed by atoms with Gasteiger partial charge in [0.25, 0.3) is 5.91 Å². The zero-order valence-corrected chi connectivity index (χ0v) is 11.4. The number of halogens is 1. The van der Waals surface area contributed by atoms with Crippen LogP contribution in [-0.2, 0) is 4.79 Å². The molecule has 0 fully saturated rings. The maximum absolute atomic E-state index is 13.7. The first-order valence-electron chi connectivity index (χ1n) is 6.02. The molecule has 0 aliphatic carbocycles. The third-order valence-electron chi connectivity index (χ3n) is 2.58. The van der Waals surface area contributed by atoms with Gasteiger partial charge in [0.05, 0.1) is 6.10 Å². The predicted molar refractivity (Wildman–Crippen MR) is 69.7 cm³/mol. The molecule has 0 saturated heterocycles. The van der Waals surface area contributed by atoms with Crippen molar-refractivity contribution in [2.45, 2.75) is 26.1 Å². The standard InChI is InChI=1S/C13H17FN2O4/c1-7(17)9-4-5-11(10(14)6-9)20-8(2)12(18)16-13(19)15-3/h4-8,17H,1-3H3,(H2,15,16,18,19)/t7-,8?/m1/s1. The molecule has 20 heavy (non-hydrogen) atoms. The zero-order chi connectivity index (χ0) is 15.3. The van der Waals surface area contributed by atoms with Crippen molar-refractivity contribution in [3.05, 3.63) is 29.6 Å². The van der Waals surface area contributed by atoms with Gasteiger partial charge in [-0.15, -0.1) is 0 Å². The van der Waals surface area contributed by atoms with E-state index in [0.29, 0.717) is 5.56 Å². The van der Waals surface area contributed by atoms with Crippen molar-refractivity contribution >= 4 is 11.9 Å². The van der Waals surface area contributed by atoms with Gasteiger partial charge in [0.1, 0.15) is 0 Å². The van der Waals surface area contributed by atoms with Crippen molar-refractivity contribution in [1.82, 2.24) is 10.6 Å². The normalized spacial score (nSPS) is 13.2. The first-order chi connectivity index (χ1) is 9.35. The molecule has 2 atom stereocenters. The van der Waals surface area contributed by atoms with Crippen LogP contribution in [0.25, 0.3) is 0 Å². The van der Waals surface area contributed by atoms with Gasteiger partial charge in [0.15, 0.2) is 17.7 Å². The van der Waals surface area contributed by atoms with Crippen LogP contribution in [0.15, 0.2) is 18.2 Å². The van der Waals surface area contributed by atoms with E-state index in [1.807, 2.05) is 5.32 Å². The number of rotatable bonds is 4. The molecule has 6 nitrogen and oxygen atoms in total. The van der Waals surface area contributed by atoms with Crippen LogP contribution in [0.3, 0.4) is 0 Å². The second-order valence-electron chi connectivity index (χ2n) is 4.19. The van der Waals surface area contributed by atoms with Gasteiger partial charge >= 0.3 is 6.03 Å². The van der Waals surface area contributed by atoms with Crippen LogP contribution in [0.2, 0.25) is 0 Å². The quantitative estimate of drug-likeness (QED) is 0.772. The topological polar surface area (TPSA) is 87.7 Å². The van der Waals surface area contributed by atoms with Crippen LogP contribution in [0.1, 0.15) is 25.5 Å². The highest BCUT2D eigenvalue weighted by Gasteiger charge is 2.18. The first kappa shape index (κ1) is 15.9. The second kappa shape index (κ2) is 6.85. The average molecular weight is 284 g/mol. The van der Waals surface area contributed by atoms with E-state index in [4.69, 9.17) is 4.74 Å². The number of carbonyl (C=O) groups is 2. The van der Waals surface area contributed by atoms with E-state index in [9.17, 15) is 19.1 Å². The Labute approximate surface area is 115 Å². The molecule has 0 saturated carbocycles. The molecule has 1 aromatic rings. The molecule has 3 N–H and O–H groups in total. The molecule has 0 heterocycles. The number of hydrogen-bond donors (Lipinski definition) is 3. The fourth-order valence-electron chi connectivity index (χ4n) is 1.39. The van der Waals surface area contributed by atoms with Gasteiger partial charge in [-0.05, 0) is 31.5 Å². The minimum Gasteiger partial charge on any atom is -0.478 e. The number of benzene rings is 1. The Morgan fingerprint density at radius 1 is 1.35 bits per heavy atom. The number of aliphatic hydroxyl groups is 1. The molecule has 7 heteroatoms. The molecule has 0 aliphatic heterocycles. The molecular weight excluding hydrogens is 267 g/mol. The fourth-order valence-corrected chi connectivity index (χ4v) is 1.39. The first-order valence-corrected chi connectivity index (χ1v) is 6.02. The van der Waals surface area contributed by atoms with Crippen molar-refractivity contribution in [2.24, 2.45) is 0 Å². The number of carbonyl (C=O) groups excluding carboxylic acids is 2. The van der Waals surface area contributed by atoms with Crippen molar-refractivity contribution in [1.29, 1.82) is 0 Å². The monoisotopic (exact) mass is 284 g/mol. The lowest BCUT2D eigenvalue weighted by Crippen LogP contribution is -2.44. The highest BCUT2D eigenvalue weighted by Crippen LogP contribution is 2.22. The molecule has 1 rings (SSSR count). The smallest absolute Gasteiger partial charge is 0.321 e. The molecule has 0 aliphatic rings. The number of urea groups is 1. The molecule has 0 spiro atoms. The molecule has 0 bridgehead atoms. The zero-order valence-electron chi connectivity index (χ0n) is 11.4. The lowest BCUT2D eigenvalue weighted by atomic mass is 10.1. The van der Waals surface area contributed by atoms with Crippen molar-refractivity contribution in [3.63, 3.8) is 0 Å². The molecular formula is C13H17FN2O4. The van der Waals surface area contributed by atoms with Crippen LogP contribution >= 0.6 is 0 Å². The van der Waals surface area contributed by atoms with E-state index in [1.165, 1.54) is 33.0 Å². The van der Waals surface area contributed by atoms with E-state index in [0.717, 1.165) is 6.07 Å². The van der Waals surface area contributed by atoms with Crippen LogP contribution in [0.4, 0.5) is 9.18 Å². The molecule has 0 radical (unpaired) electrons. The summed E-state index contributed by atoms with van der Waals surface area (Å²) in [5, 5.41) is 13.6. The summed E-state index contributed by atoms with van der Waals surface area (Å²) >= 11 is 0. The highest BCUT2D eigenvalue weighted by molar-refractivity contribution is 5.96. The second-order valence-corrected chi connectivity index (χ2v) is 4.19. The van der Waals surface area contributed by atoms with E-state index >= 15 is 0 Å². The molecule has 1 aromatic carbocycles. The Balaban J connectivity index is 2.73. The number of aliphatic hydroxyl groups excluding tert-OH is 1. The summed E-state index contributed by atoms with van der Waals surface area (Å²) < 4.78 is 18.9. The maximum Gasteiger partial charge on any atom is 0.321 e. The van der Waals surface area contributed by atoms with Crippen molar-refractivity contribution in [3.8, 4) is 5.75 Å². The lowest BCUT2D eigenvalue weighted by molar-refractivity contribution is -0.126. The van der Waals surface area contributed by atoms with E-state index < -0.39 is 30.0 Å². The Morgan fingerprint density at radius 3 is 2.50 bits per heavy atom. The third-order valence-corrected chi connectivity index (χ3v) is 2.58. The van der Waals surface area contributed by atoms with E-state index in [1.54, 1.807) is 0 Å². The van der Waals surface area contributed by atoms with Crippen molar-refractivity contribution < 1.29 is 23.8 Å². The van der Waals surface area contributed by atoms with Gasteiger partial charge < -0.3 is 15.2 Å². The molecule has 1 unspecified atom stereocenters. The summed E-state index contributed by atoms with van der Waals surface area (Å²) in [7, 11) is 1.36. The minimum atomic E-state index is -1.04. The molecule has 3 amide bonds. The maximum atomic E-state index is 13.7. The Kier molecular flexibility index (Phi) is 5.45. The predicted octanol–water partition coefficient (Wildman–Crippen LogP) is 1.10. The van der Waals surface area contributed by atoms with E-state index in [2.05, 4.69) is 5.32 Å². The van der Waals surface area contributed by atoms with E-state index in [-0.39, 0.29) is 5.75 Å². The third kappa shape index (κ3) is 4.20. The summed E-state index contributed by atoms with van der Waals surface area (Å²) in [6, 6.07) is 3.27. The van der Waals surface area contributed by atoms with Gasteiger partial charge in [-0.25, -0.2) is 9.18 Å². The van der Waals surface area contributed by atoms with Gasteiger partial charge in [0.2, 0.25) is 0 Å². The minimum absolute atomic E-state index is 0.131. The highest BCUT2D eigenvalue weighted by atomic mass is 19.1. The number of imide groups is 1. The van der Waals surface area contributed by atoms with Crippen LogP contribution in [-0.4, -0.2) is 30.2 Å². The number of ether oxygens (including phenoxy) is 1. The van der Waals surface area contributed by atoms with Gasteiger partial charge in [-0.2, -0.15) is 0 Å². The largest absolute Gasteiger partial charge is 0.478 e. The number of nitrogens with one attached hydrogen (secondary N) is 2. The lowest BCUT2D eigenvalue weighted by Gasteiger charge is -2.15. The molecule has 0 aromatic heterocycles. The summed E-state index contributed by atoms with van der Waals surface area (Å²) in [6.07, 6.45) is -1.84. The molecule has 110 valence electrons. The number of hydrogen-bond acceptors (Lipinski definition) is 4. The average Bonchev–Trinajstić information content (AvgIpc) is 2.40. The van der Waals surface area contributed by atoms with Gasteiger partial charge in [-0.1, -0.05) is 6.07 Å². The van der Waals surface area contributed by atoms with Crippen LogP contribution in [0, 0.1) is 5.82 Å². The Hall–Kier alpha value is -2.15. The van der Waals surface area contributed by atoms with Crippen LogP contribution < -0.4 is 15.4 Å². The summed E-state index contributed by atoms with van der Waals surface area (Å²) in [5.74, 6) is -1.51. The summed E-state index contributed by atoms with van der Waals surface area (Å²) in [4.78, 5) is 22.5. The Morgan fingerprint density at radius 2 is 2.00 bits per heavy atom. The van der Waals surface area contributed by atoms with Gasteiger partial charge in [0, 0.05) is 7.05 Å². The fraction of sp³-hybridized carbons (Fsp3) is 0.385. The summed E-state index contributed by atoms with van der Waals surface area (Å²) in [6.45, 7) is 2.90. The van der Waals surface area contributed by atoms with Gasteiger partial charge in [-0.3, -0.25) is 10.1 Å². The van der Waals surface area contributed by atoms with Crippen molar-refractivity contribution in [2.75, 3.05) is 7.05 Å². The SMILES string of the molecule is CNC(=O)NC(=O)C(C)Oc1ccc([C@@H](C)O)cc1F. The van der Waals surface area contributed by atoms with Crippen LogP contribution in [0.5, 0.6) is 5.75 Å².